The molecular formula is C14H20N2O3. The van der Waals surface area contributed by atoms with Gasteiger partial charge < -0.3 is 9.47 Å². The molecule has 1 amide bonds. The monoisotopic (exact) mass is 264 g/mol. The van der Waals surface area contributed by atoms with Gasteiger partial charge in [-0.25, -0.2) is 5.84 Å². The van der Waals surface area contributed by atoms with Gasteiger partial charge >= 0.3 is 0 Å². The fourth-order valence-corrected chi connectivity index (χ4v) is 1.65. The second kappa shape index (κ2) is 7.43. The number of nitrogens with two attached hydrogens (primary N) is 1. The zero-order valence-corrected chi connectivity index (χ0v) is 11.5. The number of hydrogen-bond donors (Lipinski definition) is 2. The van der Waals surface area contributed by atoms with E-state index in [0.717, 1.165) is 5.56 Å². The highest BCUT2D eigenvalue weighted by Gasteiger charge is 2.19. The zero-order valence-electron chi connectivity index (χ0n) is 11.5. The minimum atomic E-state index is -0.633. The molecule has 0 spiro atoms. The lowest BCUT2D eigenvalue weighted by Crippen LogP contribution is -2.41. The van der Waals surface area contributed by atoms with E-state index in [1.165, 1.54) is 0 Å². The Labute approximate surface area is 113 Å². The van der Waals surface area contributed by atoms with Gasteiger partial charge in [0.2, 0.25) is 0 Å². The lowest BCUT2D eigenvalue weighted by atomic mass is 10.2. The Hall–Kier alpha value is -2.01. The largest absolute Gasteiger partial charge is 0.493 e. The van der Waals surface area contributed by atoms with Crippen molar-refractivity contribution in [2.45, 2.75) is 26.4 Å². The van der Waals surface area contributed by atoms with E-state index in [1.54, 1.807) is 13.2 Å². The summed E-state index contributed by atoms with van der Waals surface area (Å²) in [5, 5.41) is 0. The van der Waals surface area contributed by atoms with Gasteiger partial charge in [0.05, 0.1) is 7.11 Å². The molecule has 0 aromatic heterocycles. The summed E-state index contributed by atoms with van der Waals surface area (Å²) in [5.74, 6) is 5.86. The van der Waals surface area contributed by atoms with Gasteiger partial charge in [-0.1, -0.05) is 25.1 Å². The summed E-state index contributed by atoms with van der Waals surface area (Å²) in [6.07, 6.45) is 3.77. The summed E-state index contributed by atoms with van der Waals surface area (Å²) in [6, 6.07) is 5.52. The summed E-state index contributed by atoms with van der Waals surface area (Å²) in [6.45, 7) is 3.79. The van der Waals surface area contributed by atoms with Gasteiger partial charge in [0.25, 0.3) is 5.91 Å². The Morgan fingerprint density at radius 2 is 2.21 bits per heavy atom. The van der Waals surface area contributed by atoms with Crippen LogP contribution < -0.4 is 20.7 Å². The van der Waals surface area contributed by atoms with Gasteiger partial charge in [0, 0.05) is 0 Å². The van der Waals surface area contributed by atoms with Gasteiger partial charge in [-0.3, -0.25) is 10.2 Å². The summed E-state index contributed by atoms with van der Waals surface area (Å²) in [7, 11) is 1.56. The van der Waals surface area contributed by atoms with Crippen LogP contribution in [0.2, 0.25) is 0 Å². The molecule has 5 heteroatoms. The maximum Gasteiger partial charge on any atom is 0.274 e. The molecule has 104 valence electrons. The Morgan fingerprint density at radius 3 is 2.74 bits per heavy atom. The quantitative estimate of drug-likeness (QED) is 0.467. The van der Waals surface area contributed by atoms with Crippen LogP contribution in [0.1, 0.15) is 25.8 Å². The van der Waals surface area contributed by atoms with E-state index in [2.05, 4.69) is 5.43 Å². The van der Waals surface area contributed by atoms with Gasteiger partial charge in [0.1, 0.15) is 0 Å². The number of methoxy groups -OCH3 is 1. The number of hydrogen-bond acceptors (Lipinski definition) is 4. The van der Waals surface area contributed by atoms with Gasteiger partial charge in [-0.05, 0) is 31.0 Å². The van der Waals surface area contributed by atoms with Crippen LogP contribution in [0.5, 0.6) is 11.5 Å². The number of hydrazine groups is 1. The summed E-state index contributed by atoms with van der Waals surface area (Å²) in [4.78, 5) is 11.5. The van der Waals surface area contributed by atoms with Crippen molar-refractivity contribution in [3.63, 3.8) is 0 Å². The Bertz CT molecular complexity index is 458. The SMILES string of the molecule is CC=Cc1ccc(OC(CC)C(=O)NN)c(OC)c1. The second-order valence-electron chi connectivity index (χ2n) is 3.93. The van der Waals surface area contributed by atoms with E-state index in [1.807, 2.05) is 38.1 Å². The molecule has 0 aliphatic rings. The fraction of sp³-hybridized carbons (Fsp3) is 0.357. The van der Waals surface area contributed by atoms with Crippen molar-refractivity contribution >= 4 is 12.0 Å². The number of allylic oxidation sites excluding steroid dienone is 1. The van der Waals surface area contributed by atoms with Crippen LogP contribution in [0.15, 0.2) is 24.3 Å². The van der Waals surface area contributed by atoms with Crippen molar-refractivity contribution in [1.29, 1.82) is 0 Å². The van der Waals surface area contributed by atoms with E-state index >= 15 is 0 Å². The minimum absolute atomic E-state index is 0.359. The van der Waals surface area contributed by atoms with Gasteiger partial charge in [0.15, 0.2) is 17.6 Å². The third-order valence-electron chi connectivity index (χ3n) is 2.62. The number of carbonyl (C=O) groups excluding carboxylic acids is 1. The van der Waals surface area contributed by atoms with Crippen molar-refractivity contribution in [3.05, 3.63) is 29.8 Å². The van der Waals surface area contributed by atoms with Crippen LogP contribution in [0.25, 0.3) is 6.08 Å². The molecule has 1 unspecified atom stereocenters. The van der Waals surface area contributed by atoms with Crippen LogP contribution in [0.4, 0.5) is 0 Å². The molecular weight excluding hydrogens is 244 g/mol. The normalized spacial score (nSPS) is 12.2. The highest BCUT2D eigenvalue weighted by molar-refractivity contribution is 5.80. The molecule has 0 fully saturated rings. The highest BCUT2D eigenvalue weighted by atomic mass is 16.5. The van der Waals surface area contributed by atoms with Crippen molar-refractivity contribution < 1.29 is 14.3 Å². The molecule has 0 saturated carbocycles. The van der Waals surface area contributed by atoms with Crippen LogP contribution in [-0.2, 0) is 4.79 Å². The molecule has 1 rings (SSSR count). The van der Waals surface area contributed by atoms with Crippen LogP contribution in [0.3, 0.4) is 0 Å². The molecule has 5 nitrogen and oxygen atoms in total. The maximum absolute atomic E-state index is 11.5. The van der Waals surface area contributed by atoms with Gasteiger partial charge in [-0.2, -0.15) is 0 Å². The third kappa shape index (κ3) is 3.99. The predicted octanol–water partition coefficient (Wildman–Crippen LogP) is 1.88. The molecule has 0 radical (unpaired) electrons. The first-order valence-electron chi connectivity index (χ1n) is 6.14. The molecule has 1 aromatic carbocycles. The molecule has 0 saturated heterocycles. The molecule has 0 bridgehead atoms. The Morgan fingerprint density at radius 1 is 1.47 bits per heavy atom. The lowest BCUT2D eigenvalue weighted by molar-refractivity contribution is -0.128. The van der Waals surface area contributed by atoms with Crippen molar-refractivity contribution in [2.75, 3.05) is 7.11 Å². The smallest absolute Gasteiger partial charge is 0.274 e. The highest BCUT2D eigenvalue weighted by Crippen LogP contribution is 2.29. The summed E-state index contributed by atoms with van der Waals surface area (Å²) < 4.78 is 10.9. The first-order valence-corrected chi connectivity index (χ1v) is 6.14. The molecule has 1 aromatic rings. The number of carbonyl (C=O) groups is 1. The molecule has 0 aliphatic heterocycles. The standard InChI is InChI=1S/C14H20N2O3/c1-4-6-10-7-8-12(13(9-10)18-3)19-11(5-2)14(17)16-15/h4,6-9,11H,5,15H2,1-3H3,(H,16,17). The number of rotatable bonds is 6. The second-order valence-corrected chi connectivity index (χ2v) is 3.93. The number of ether oxygens (including phenoxy) is 2. The Kier molecular flexibility index (Phi) is 5.89. The summed E-state index contributed by atoms with van der Waals surface area (Å²) in [5.41, 5.74) is 3.09. The molecule has 0 heterocycles. The predicted molar refractivity (Wildman–Crippen MR) is 74.7 cm³/mol. The molecule has 1 atom stereocenters. The van der Waals surface area contributed by atoms with E-state index in [4.69, 9.17) is 15.3 Å². The Balaban J connectivity index is 2.96. The number of amides is 1. The summed E-state index contributed by atoms with van der Waals surface area (Å²) >= 11 is 0. The minimum Gasteiger partial charge on any atom is -0.493 e. The average molecular weight is 264 g/mol. The topological polar surface area (TPSA) is 73.6 Å². The molecule has 3 N–H and O–H groups in total. The molecule has 19 heavy (non-hydrogen) atoms. The van der Waals surface area contributed by atoms with Crippen LogP contribution in [-0.4, -0.2) is 19.1 Å². The van der Waals surface area contributed by atoms with Gasteiger partial charge in [-0.15, -0.1) is 0 Å². The van der Waals surface area contributed by atoms with Crippen molar-refractivity contribution in [1.82, 2.24) is 5.43 Å². The first-order chi connectivity index (χ1) is 9.15. The van der Waals surface area contributed by atoms with Crippen LogP contribution >= 0.6 is 0 Å². The zero-order chi connectivity index (χ0) is 14.3. The first kappa shape index (κ1) is 15.0. The average Bonchev–Trinajstić information content (AvgIpc) is 2.45. The van der Waals surface area contributed by atoms with E-state index in [0.29, 0.717) is 17.9 Å². The fourth-order valence-electron chi connectivity index (χ4n) is 1.65. The van der Waals surface area contributed by atoms with Crippen LogP contribution in [0, 0.1) is 0 Å². The lowest BCUT2D eigenvalue weighted by Gasteiger charge is -2.18. The third-order valence-corrected chi connectivity index (χ3v) is 2.62. The molecule has 0 aliphatic carbocycles. The van der Waals surface area contributed by atoms with Crippen molar-refractivity contribution in [2.24, 2.45) is 5.84 Å². The van der Waals surface area contributed by atoms with E-state index < -0.39 is 6.10 Å². The van der Waals surface area contributed by atoms with Crippen molar-refractivity contribution in [3.8, 4) is 11.5 Å². The van der Waals surface area contributed by atoms with E-state index in [-0.39, 0.29) is 5.91 Å². The van der Waals surface area contributed by atoms with E-state index in [9.17, 15) is 4.79 Å². The maximum atomic E-state index is 11.5. The number of benzene rings is 1. The number of nitrogens with one attached hydrogen (secondary N) is 1.